The van der Waals surface area contributed by atoms with Gasteiger partial charge in [-0.05, 0) is 61.6 Å². The molecule has 0 bridgehead atoms. The van der Waals surface area contributed by atoms with Crippen LogP contribution < -0.4 is 14.9 Å². The zero-order valence-electron chi connectivity index (χ0n) is 15.4. The monoisotopic (exact) mass is 405 g/mol. The van der Waals surface area contributed by atoms with Crippen molar-refractivity contribution in [3.63, 3.8) is 0 Å². The lowest BCUT2D eigenvalue weighted by Gasteiger charge is -2.18. The normalized spacial score (nSPS) is 14.2. The largest absolute Gasteiger partial charge is 0.372 e. The molecular formula is C19H23N3O3S2. The van der Waals surface area contributed by atoms with Gasteiger partial charge in [0.25, 0.3) is 10.0 Å². The van der Waals surface area contributed by atoms with Gasteiger partial charge in [0, 0.05) is 36.3 Å². The number of thioether (sulfide) groups is 1. The molecule has 144 valence electrons. The van der Waals surface area contributed by atoms with Gasteiger partial charge in [-0.1, -0.05) is 0 Å². The van der Waals surface area contributed by atoms with Crippen LogP contribution in [-0.2, 0) is 14.8 Å². The Hall–Kier alpha value is -2.19. The summed E-state index contributed by atoms with van der Waals surface area (Å²) in [5.41, 5.74) is 2.10. The molecule has 1 aliphatic heterocycles. The van der Waals surface area contributed by atoms with Crippen LogP contribution in [0.15, 0.2) is 52.3 Å². The second kappa shape index (κ2) is 8.22. The molecule has 8 heteroatoms. The van der Waals surface area contributed by atoms with E-state index in [1.54, 1.807) is 18.2 Å². The van der Waals surface area contributed by atoms with Gasteiger partial charge in [-0.3, -0.25) is 9.52 Å². The molecule has 0 atom stereocenters. The second-order valence-electron chi connectivity index (χ2n) is 6.39. The van der Waals surface area contributed by atoms with Crippen molar-refractivity contribution in [2.75, 3.05) is 34.3 Å². The highest BCUT2D eigenvalue weighted by atomic mass is 32.2. The standard InChI is InChI=1S/C19H23N3O3S2/c1-14(23)20-18-13-17(9-10-19(18)26-2)27(24,25)21-15-5-7-16(8-6-15)22-11-3-4-12-22/h5-10,13,21H,3-4,11-12H2,1-2H3,(H,20,23). The predicted octanol–water partition coefficient (Wildman–Crippen LogP) is 3.77. The van der Waals surface area contributed by atoms with Crippen molar-refractivity contribution >= 4 is 44.8 Å². The van der Waals surface area contributed by atoms with Crippen LogP contribution in [0, 0.1) is 0 Å². The van der Waals surface area contributed by atoms with E-state index in [0.29, 0.717) is 11.4 Å². The Labute approximate surface area is 164 Å². The molecule has 27 heavy (non-hydrogen) atoms. The van der Waals surface area contributed by atoms with Crippen molar-refractivity contribution in [3.8, 4) is 0 Å². The van der Waals surface area contributed by atoms with Crippen LogP contribution in [0.5, 0.6) is 0 Å². The minimum absolute atomic E-state index is 0.104. The summed E-state index contributed by atoms with van der Waals surface area (Å²) in [5, 5.41) is 2.68. The highest BCUT2D eigenvalue weighted by Gasteiger charge is 2.18. The summed E-state index contributed by atoms with van der Waals surface area (Å²) < 4.78 is 28.1. The highest BCUT2D eigenvalue weighted by Crippen LogP contribution is 2.29. The van der Waals surface area contributed by atoms with Gasteiger partial charge < -0.3 is 10.2 Å². The lowest BCUT2D eigenvalue weighted by Crippen LogP contribution is -2.17. The molecular weight excluding hydrogens is 382 g/mol. The smallest absolute Gasteiger partial charge is 0.261 e. The topological polar surface area (TPSA) is 78.5 Å². The van der Waals surface area contributed by atoms with E-state index in [2.05, 4.69) is 14.9 Å². The first-order valence-electron chi connectivity index (χ1n) is 8.72. The zero-order valence-corrected chi connectivity index (χ0v) is 17.0. The third kappa shape index (κ3) is 4.75. The third-order valence-electron chi connectivity index (χ3n) is 4.38. The molecule has 0 aliphatic carbocycles. The Balaban J connectivity index is 1.80. The lowest BCUT2D eigenvalue weighted by atomic mass is 10.2. The van der Waals surface area contributed by atoms with E-state index in [0.717, 1.165) is 23.7 Å². The summed E-state index contributed by atoms with van der Waals surface area (Å²) in [6, 6.07) is 12.1. The number of carbonyl (C=O) groups excluding carboxylic acids is 1. The molecule has 1 heterocycles. The van der Waals surface area contributed by atoms with Crippen molar-refractivity contribution in [1.29, 1.82) is 0 Å². The van der Waals surface area contributed by atoms with Crippen LogP contribution in [-0.4, -0.2) is 33.7 Å². The Morgan fingerprint density at radius 3 is 2.33 bits per heavy atom. The van der Waals surface area contributed by atoms with Crippen molar-refractivity contribution < 1.29 is 13.2 Å². The molecule has 0 unspecified atom stereocenters. The third-order valence-corrected chi connectivity index (χ3v) is 6.56. The summed E-state index contributed by atoms with van der Waals surface area (Å²) in [5.74, 6) is -0.245. The summed E-state index contributed by atoms with van der Waals surface area (Å²) in [4.78, 5) is 14.6. The SMILES string of the molecule is CSc1ccc(S(=O)(=O)Nc2ccc(N3CCCC3)cc2)cc1NC(C)=O. The number of anilines is 3. The Morgan fingerprint density at radius 2 is 1.74 bits per heavy atom. The molecule has 1 saturated heterocycles. The fourth-order valence-corrected chi connectivity index (χ4v) is 4.69. The van der Waals surface area contributed by atoms with E-state index in [-0.39, 0.29) is 10.8 Å². The van der Waals surface area contributed by atoms with Gasteiger partial charge in [0.05, 0.1) is 10.6 Å². The number of sulfonamides is 1. The lowest BCUT2D eigenvalue weighted by molar-refractivity contribution is -0.114. The first-order valence-corrected chi connectivity index (χ1v) is 11.4. The van der Waals surface area contributed by atoms with E-state index in [1.165, 1.54) is 43.7 Å². The van der Waals surface area contributed by atoms with Crippen LogP contribution in [0.3, 0.4) is 0 Å². The predicted molar refractivity (Wildman–Crippen MR) is 111 cm³/mol. The van der Waals surface area contributed by atoms with Crippen molar-refractivity contribution in [3.05, 3.63) is 42.5 Å². The molecule has 2 aromatic rings. The Morgan fingerprint density at radius 1 is 1.07 bits per heavy atom. The minimum atomic E-state index is -3.75. The average molecular weight is 406 g/mol. The van der Waals surface area contributed by atoms with E-state index >= 15 is 0 Å². The fourth-order valence-electron chi connectivity index (χ4n) is 3.07. The van der Waals surface area contributed by atoms with Crippen LogP contribution in [0.25, 0.3) is 0 Å². The molecule has 1 fully saturated rings. The molecule has 3 rings (SSSR count). The number of nitrogens with zero attached hydrogens (tertiary/aromatic N) is 1. The maximum Gasteiger partial charge on any atom is 0.261 e. The molecule has 6 nitrogen and oxygen atoms in total. The van der Waals surface area contributed by atoms with Gasteiger partial charge in [0.15, 0.2) is 0 Å². The van der Waals surface area contributed by atoms with Gasteiger partial charge in [-0.25, -0.2) is 8.42 Å². The molecule has 0 saturated carbocycles. The van der Waals surface area contributed by atoms with Gasteiger partial charge >= 0.3 is 0 Å². The van der Waals surface area contributed by atoms with Gasteiger partial charge in [0.1, 0.15) is 0 Å². The fraction of sp³-hybridized carbons (Fsp3) is 0.316. The van der Waals surface area contributed by atoms with E-state index in [1.807, 2.05) is 18.4 Å². The maximum atomic E-state index is 12.7. The number of carbonyl (C=O) groups is 1. The highest BCUT2D eigenvalue weighted by molar-refractivity contribution is 7.98. The van der Waals surface area contributed by atoms with Crippen molar-refractivity contribution in [2.24, 2.45) is 0 Å². The summed E-state index contributed by atoms with van der Waals surface area (Å²) in [6.45, 7) is 3.48. The number of nitrogens with one attached hydrogen (secondary N) is 2. The van der Waals surface area contributed by atoms with Crippen LogP contribution >= 0.6 is 11.8 Å². The zero-order chi connectivity index (χ0) is 19.4. The molecule has 0 aromatic heterocycles. The van der Waals surface area contributed by atoms with Gasteiger partial charge in [-0.15, -0.1) is 11.8 Å². The van der Waals surface area contributed by atoms with E-state index < -0.39 is 10.0 Å². The van der Waals surface area contributed by atoms with E-state index in [4.69, 9.17) is 0 Å². The van der Waals surface area contributed by atoms with E-state index in [9.17, 15) is 13.2 Å². The first kappa shape index (κ1) is 19.6. The first-order chi connectivity index (χ1) is 12.9. The van der Waals surface area contributed by atoms with Crippen LogP contribution in [0.4, 0.5) is 17.1 Å². The number of amides is 1. The molecule has 1 aliphatic rings. The van der Waals surface area contributed by atoms with Gasteiger partial charge in [0.2, 0.25) is 5.91 Å². The number of rotatable bonds is 6. The minimum Gasteiger partial charge on any atom is -0.372 e. The Bertz CT molecular complexity index is 922. The van der Waals surface area contributed by atoms with Gasteiger partial charge in [-0.2, -0.15) is 0 Å². The summed E-state index contributed by atoms with van der Waals surface area (Å²) >= 11 is 1.44. The summed E-state index contributed by atoms with van der Waals surface area (Å²) in [7, 11) is -3.75. The van der Waals surface area contributed by atoms with Crippen molar-refractivity contribution in [2.45, 2.75) is 29.6 Å². The quantitative estimate of drug-likeness (QED) is 0.716. The molecule has 1 amide bonds. The second-order valence-corrected chi connectivity index (χ2v) is 8.92. The number of benzene rings is 2. The molecule has 0 radical (unpaired) electrons. The molecule has 0 spiro atoms. The average Bonchev–Trinajstić information content (AvgIpc) is 3.16. The maximum absolute atomic E-state index is 12.7. The number of hydrogen-bond donors (Lipinski definition) is 2. The Kier molecular flexibility index (Phi) is 5.96. The summed E-state index contributed by atoms with van der Waals surface area (Å²) in [6.07, 6.45) is 4.25. The molecule has 2 N–H and O–H groups in total. The van der Waals surface area contributed by atoms with Crippen LogP contribution in [0.1, 0.15) is 19.8 Å². The van der Waals surface area contributed by atoms with Crippen LogP contribution in [0.2, 0.25) is 0 Å². The number of hydrogen-bond acceptors (Lipinski definition) is 5. The van der Waals surface area contributed by atoms with Crippen molar-refractivity contribution in [1.82, 2.24) is 0 Å². The molecule has 2 aromatic carbocycles.